The van der Waals surface area contributed by atoms with Crippen molar-refractivity contribution < 1.29 is 42.2 Å². The summed E-state index contributed by atoms with van der Waals surface area (Å²) in [6.45, 7) is 11.2. The zero-order chi connectivity index (χ0) is 37.1. The number of nitrogens with one attached hydrogen (secondary N) is 3. The number of rotatable bonds is 17. The van der Waals surface area contributed by atoms with Gasteiger partial charge in [-0.15, -0.1) is 13.2 Å². The molecule has 1 aromatic heterocycles. The molecule has 1 aromatic carbocycles. The lowest BCUT2D eigenvalue weighted by Gasteiger charge is -2.32. The molecule has 7 atom stereocenters. The van der Waals surface area contributed by atoms with Crippen molar-refractivity contribution in [1.82, 2.24) is 25.2 Å². The molecule has 15 heteroatoms. The Labute approximate surface area is 298 Å². The number of methoxy groups -OCH3 is 1. The summed E-state index contributed by atoms with van der Waals surface area (Å²) in [5, 5.41) is 15.6. The molecular formula is C36H47N5O9S. The molecule has 1 aliphatic heterocycles. The van der Waals surface area contributed by atoms with E-state index in [9.17, 15) is 32.7 Å². The van der Waals surface area contributed by atoms with Crippen molar-refractivity contribution in [2.24, 2.45) is 17.8 Å². The van der Waals surface area contributed by atoms with Crippen molar-refractivity contribution >= 4 is 44.6 Å². The normalized spacial score (nSPS) is 24.5. The van der Waals surface area contributed by atoms with Gasteiger partial charge in [-0.3, -0.25) is 19.1 Å². The summed E-state index contributed by atoms with van der Waals surface area (Å²) in [6, 6.07) is 4.94. The van der Waals surface area contributed by atoms with E-state index in [0.29, 0.717) is 30.4 Å². The first-order valence-corrected chi connectivity index (χ1v) is 18.8. The highest BCUT2D eigenvalue weighted by atomic mass is 32.2. The molecule has 2 saturated carbocycles. The number of nitrogens with zero attached hydrogens (tertiary/aromatic N) is 2. The minimum Gasteiger partial charge on any atom is -0.494 e. The molecule has 3 aliphatic rings. The van der Waals surface area contributed by atoms with Gasteiger partial charge in [-0.25, -0.2) is 18.2 Å². The van der Waals surface area contributed by atoms with Crippen molar-refractivity contribution in [2.75, 3.05) is 13.7 Å². The number of amides is 4. The van der Waals surface area contributed by atoms with E-state index >= 15 is 0 Å². The van der Waals surface area contributed by atoms with Gasteiger partial charge in [-0.05, 0) is 56.4 Å². The third kappa shape index (κ3) is 8.29. The van der Waals surface area contributed by atoms with Gasteiger partial charge < -0.3 is 30.1 Å². The Morgan fingerprint density at radius 2 is 1.86 bits per heavy atom. The Morgan fingerprint density at radius 3 is 2.47 bits per heavy atom. The molecule has 3 fully saturated rings. The highest BCUT2D eigenvalue weighted by Crippen LogP contribution is 2.45. The molecule has 14 nitrogen and oxygen atoms in total. The number of hydrogen-bond donors (Lipinski definition) is 4. The summed E-state index contributed by atoms with van der Waals surface area (Å²) in [5.74, 6) is -2.22. The molecule has 276 valence electrons. The van der Waals surface area contributed by atoms with Crippen LogP contribution in [-0.2, 0) is 24.4 Å². The summed E-state index contributed by atoms with van der Waals surface area (Å²) >= 11 is 0. The fourth-order valence-electron chi connectivity index (χ4n) is 7.00. The number of carbonyl (C=O) groups excluding carboxylic acids is 3. The van der Waals surface area contributed by atoms with E-state index in [0.717, 1.165) is 18.2 Å². The van der Waals surface area contributed by atoms with Crippen molar-refractivity contribution in [3.05, 3.63) is 55.8 Å². The lowest BCUT2D eigenvalue weighted by molar-refractivity contribution is -0.142. The summed E-state index contributed by atoms with van der Waals surface area (Å²) in [5.41, 5.74) is -1.57. The lowest BCUT2D eigenvalue weighted by atomic mass is 9.88. The smallest absolute Gasteiger partial charge is 0.405 e. The number of benzene rings is 1. The van der Waals surface area contributed by atoms with Gasteiger partial charge >= 0.3 is 6.09 Å². The van der Waals surface area contributed by atoms with E-state index in [1.807, 2.05) is 31.2 Å². The van der Waals surface area contributed by atoms with Crippen LogP contribution in [0.15, 0.2) is 55.8 Å². The average Bonchev–Trinajstić information content (AvgIpc) is 4.02. The van der Waals surface area contributed by atoms with Crippen LogP contribution in [0.5, 0.6) is 11.6 Å². The fourth-order valence-corrected chi connectivity index (χ4v) is 8.36. The van der Waals surface area contributed by atoms with Crippen LogP contribution in [0.4, 0.5) is 4.79 Å². The number of aromatic nitrogens is 1. The van der Waals surface area contributed by atoms with Crippen LogP contribution < -0.4 is 24.8 Å². The maximum atomic E-state index is 14.4. The Hall–Kier alpha value is -4.66. The monoisotopic (exact) mass is 725 g/mol. The van der Waals surface area contributed by atoms with Gasteiger partial charge in [0.15, 0.2) is 0 Å². The van der Waals surface area contributed by atoms with Gasteiger partial charge in [-0.2, -0.15) is 0 Å². The number of likely N-dealkylation sites (tertiary alicyclic amines) is 1. The van der Waals surface area contributed by atoms with Crippen LogP contribution in [0.3, 0.4) is 0 Å². The van der Waals surface area contributed by atoms with Gasteiger partial charge in [0.2, 0.25) is 27.7 Å². The zero-order valence-electron chi connectivity index (χ0n) is 29.2. The second-order valence-corrected chi connectivity index (χ2v) is 15.9. The second kappa shape index (κ2) is 15.3. The van der Waals surface area contributed by atoms with E-state index < -0.39 is 74.7 Å². The van der Waals surface area contributed by atoms with E-state index in [4.69, 9.17) is 9.47 Å². The molecule has 4 amide bonds. The average molecular weight is 726 g/mol. The van der Waals surface area contributed by atoms with Crippen LogP contribution in [0.2, 0.25) is 0 Å². The van der Waals surface area contributed by atoms with E-state index in [1.165, 1.54) is 24.3 Å². The van der Waals surface area contributed by atoms with Crippen LogP contribution in [0, 0.1) is 17.8 Å². The molecule has 1 saturated heterocycles. The van der Waals surface area contributed by atoms with Gasteiger partial charge in [0, 0.05) is 23.1 Å². The van der Waals surface area contributed by atoms with E-state index in [-0.39, 0.29) is 31.2 Å². The predicted molar refractivity (Wildman–Crippen MR) is 189 cm³/mol. The van der Waals surface area contributed by atoms with Crippen LogP contribution in [-0.4, -0.2) is 89.9 Å². The van der Waals surface area contributed by atoms with Crippen LogP contribution >= 0.6 is 0 Å². The number of pyridine rings is 1. The third-order valence-corrected chi connectivity index (χ3v) is 11.9. The SMILES string of the molecule is C=CCCC(C)C[C@@H](C)C(NC(=O)O)C(=O)N1C[C@H](Oc2ncc(OC)c3ccccc23)C[C@H]1C(=O)N[C@]1(C(=O)NS(=O)(=O)C2CC2)C[C@H]1C=C. The molecule has 2 heterocycles. The number of fused-ring (bicyclic) bond motifs is 1. The molecule has 51 heavy (non-hydrogen) atoms. The van der Waals surface area contributed by atoms with Gasteiger partial charge in [-0.1, -0.05) is 44.2 Å². The van der Waals surface area contributed by atoms with Crippen molar-refractivity contribution in [3.63, 3.8) is 0 Å². The Kier molecular flexibility index (Phi) is 11.3. The topological polar surface area (TPSA) is 193 Å². The molecular weight excluding hydrogens is 678 g/mol. The summed E-state index contributed by atoms with van der Waals surface area (Å²) in [4.78, 5) is 59.7. The van der Waals surface area contributed by atoms with E-state index in [2.05, 4.69) is 33.5 Å². The Bertz CT molecular complexity index is 1800. The van der Waals surface area contributed by atoms with Crippen LogP contribution in [0.25, 0.3) is 10.8 Å². The minimum absolute atomic E-state index is 0.0135. The number of hydrogen-bond acceptors (Lipinski definition) is 9. The standard InChI is InChI=1S/C36H47N5O9S/c1-6-8-11-21(3)16-22(4)30(38-35(45)46)33(43)41-20-24(50-32-27-13-10-9-12-26(27)29(49-5)19-37-32)17-28(41)31(42)39-36(18-23(36)7-2)34(44)40-51(47,48)25-14-15-25/h6-7,9-10,12-13,19,21-25,28,30,38H,1-2,8,11,14-18,20H2,3-5H3,(H,39,42)(H,40,44)(H,45,46)/t21?,22-,23-,24-,28+,30?,36-/m1/s1. The van der Waals surface area contributed by atoms with Crippen molar-refractivity contribution in [2.45, 2.75) is 87.8 Å². The van der Waals surface area contributed by atoms with E-state index in [1.54, 1.807) is 13.0 Å². The van der Waals surface area contributed by atoms with Gasteiger partial charge in [0.25, 0.3) is 5.91 Å². The van der Waals surface area contributed by atoms with Gasteiger partial charge in [0.1, 0.15) is 29.5 Å². The highest BCUT2D eigenvalue weighted by molar-refractivity contribution is 7.91. The molecule has 2 aliphatic carbocycles. The Morgan fingerprint density at radius 1 is 1.16 bits per heavy atom. The highest BCUT2D eigenvalue weighted by Gasteiger charge is 2.62. The molecule has 0 radical (unpaired) electrons. The number of allylic oxidation sites excluding steroid dienone is 1. The second-order valence-electron chi connectivity index (χ2n) is 14.0. The fraction of sp³-hybridized carbons (Fsp3) is 0.528. The number of ether oxygens (including phenoxy) is 2. The molecule has 4 N–H and O–H groups in total. The zero-order valence-corrected chi connectivity index (χ0v) is 30.0. The summed E-state index contributed by atoms with van der Waals surface area (Å²) in [7, 11) is -2.38. The van der Waals surface area contributed by atoms with Gasteiger partial charge in [0.05, 0.1) is 25.1 Å². The number of carbonyl (C=O) groups is 4. The van der Waals surface area contributed by atoms with Crippen molar-refractivity contribution in [1.29, 1.82) is 0 Å². The summed E-state index contributed by atoms with van der Waals surface area (Å²) < 4.78 is 39.3. The van der Waals surface area contributed by atoms with Crippen molar-refractivity contribution in [3.8, 4) is 11.6 Å². The largest absolute Gasteiger partial charge is 0.494 e. The summed E-state index contributed by atoms with van der Waals surface area (Å²) in [6.07, 6.45) is 5.76. The molecule has 2 unspecified atom stereocenters. The number of sulfonamides is 1. The Balaban J connectivity index is 1.44. The lowest BCUT2D eigenvalue weighted by Crippen LogP contribution is -2.59. The first kappa shape index (κ1) is 37.6. The van der Waals surface area contributed by atoms with Crippen LogP contribution in [0.1, 0.15) is 58.8 Å². The first-order valence-electron chi connectivity index (χ1n) is 17.2. The minimum atomic E-state index is -3.91. The molecule has 5 rings (SSSR count). The molecule has 0 bridgehead atoms. The maximum Gasteiger partial charge on any atom is 0.405 e. The molecule has 2 aromatic rings. The predicted octanol–water partition coefficient (Wildman–Crippen LogP) is 3.53. The number of carboxylic acid groups (broad SMARTS) is 1. The first-order chi connectivity index (χ1) is 24.2. The maximum absolute atomic E-state index is 14.4. The third-order valence-electron chi connectivity index (χ3n) is 10.1. The quantitative estimate of drug-likeness (QED) is 0.175. The molecule has 0 spiro atoms.